The Morgan fingerprint density at radius 2 is 1.76 bits per heavy atom. The van der Waals surface area contributed by atoms with E-state index in [0.29, 0.717) is 15.1 Å². The van der Waals surface area contributed by atoms with Gasteiger partial charge in [-0.25, -0.2) is 0 Å². The molecule has 0 saturated carbocycles. The highest BCUT2D eigenvalue weighted by atomic mass is 35.5. The Bertz CT molecular complexity index is 543. The summed E-state index contributed by atoms with van der Waals surface area (Å²) in [5.41, 5.74) is 7.78. The Balaban J connectivity index is 2.40. The van der Waals surface area contributed by atoms with Gasteiger partial charge in [-0.05, 0) is 29.3 Å². The third kappa shape index (κ3) is 2.72. The van der Waals surface area contributed by atoms with Crippen LogP contribution in [0.25, 0.3) is 0 Å². The minimum absolute atomic E-state index is 0.347. The number of benzene rings is 1. The topological polar surface area (TPSA) is 38.9 Å². The smallest absolute Gasteiger partial charge is 0.0640 e. The molecule has 0 aliphatic heterocycles. The zero-order valence-corrected chi connectivity index (χ0v) is 11.0. The zero-order chi connectivity index (χ0) is 12.4. The van der Waals surface area contributed by atoms with Crippen molar-refractivity contribution in [1.29, 1.82) is 0 Å². The number of nitrogens with zero attached hydrogens (tertiary/aromatic N) is 1. The first-order chi connectivity index (χ1) is 8.09. The van der Waals surface area contributed by atoms with Gasteiger partial charge in [0, 0.05) is 12.4 Å². The lowest BCUT2D eigenvalue weighted by molar-refractivity contribution is 0.868. The molecule has 5 heteroatoms. The molecule has 1 aromatic heterocycles. The Kier molecular flexibility index (Phi) is 3.89. The maximum atomic E-state index is 6.12. The molecule has 0 aliphatic rings. The highest BCUT2D eigenvalue weighted by Crippen LogP contribution is 2.29. The van der Waals surface area contributed by atoms with E-state index in [0.717, 1.165) is 11.1 Å². The van der Waals surface area contributed by atoms with Crippen molar-refractivity contribution < 1.29 is 0 Å². The van der Waals surface area contributed by atoms with E-state index in [9.17, 15) is 0 Å². The van der Waals surface area contributed by atoms with Crippen molar-refractivity contribution in [1.82, 2.24) is 4.98 Å². The quantitative estimate of drug-likeness (QED) is 0.903. The van der Waals surface area contributed by atoms with E-state index in [-0.39, 0.29) is 6.04 Å². The Morgan fingerprint density at radius 3 is 2.41 bits per heavy atom. The summed E-state index contributed by atoms with van der Waals surface area (Å²) >= 11 is 17.8. The fourth-order valence-corrected chi connectivity index (χ4v) is 2.07. The van der Waals surface area contributed by atoms with Gasteiger partial charge in [0.15, 0.2) is 0 Å². The molecule has 0 aliphatic carbocycles. The molecule has 0 radical (unpaired) electrons. The summed E-state index contributed by atoms with van der Waals surface area (Å²) in [6.45, 7) is 0. The monoisotopic (exact) mass is 286 g/mol. The van der Waals surface area contributed by atoms with Crippen LogP contribution in [0.15, 0.2) is 36.7 Å². The van der Waals surface area contributed by atoms with Gasteiger partial charge >= 0.3 is 0 Å². The lowest BCUT2D eigenvalue weighted by atomic mass is 10.0. The number of rotatable bonds is 2. The first-order valence-corrected chi connectivity index (χ1v) is 6.03. The van der Waals surface area contributed by atoms with Gasteiger partial charge in [0.05, 0.1) is 21.1 Å². The molecule has 0 amide bonds. The second-order valence-corrected chi connectivity index (χ2v) is 4.77. The van der Waals surface area contributed by atoms with Crippen molar-refractivity contribution in [3.63, 3.8) is 0 Å². The average molecular weight is 288 g/mol. The molecule has 0 fully saturated rings. The van der Waals surface area contributed by atoms with Crippen LogP contribution in [0, 0.1) is 0 Å². The van der Waals surface area contributed by atoms with Crippen LogP contribution in [-0.4, -0.2) is 4.98 Å². The largest absolute Gasteiger partial charge is 0.320 e. The van der Waals surface area contributed by atoms with E-state index in [1.165, 1.54) is 0 Å². The van der Waals surface area contributed by atoms with Gasteiger partial charge in [0.2, 0.25) is 0 Å². The van der Waals surface area contributed by atoms with E-state index in [1.807, 2.05) is 6.07 Å². The molecule has 1 unspecified atom stereocenters. The Labute approximate surface area is 114 Å². The van der Waals surface area contributed by atoms with Gasteiger partial charge in [-0.3, -0.25) is 4.98 Å². The van der Waals surface area contributed by atoms with E-state index in [4.69, 9.17) is 40.5 Å². The van der Waals surface area contributed by atoms with Crippen molar-refractivity contribution in [2.75, 3.05) is 0 Å². The fraction of sp³-hybridized carbons (Fsp3) is 0.0833. The van der Waals surface area contributed by atoms with Crippen LogP contribution >= 0.6 is 34.8 Å². The molecular formula is C12H9Cl3N2. The number of hydrogen-bond donors (Lipinski definition) is 1. The van der Waals surface area contributed by atoms with Crippen LogP contribution in [0.2, 0.25) is 15.1 Å². The average Bonchev–Trinajstić information content (AvgIpc) is 2.32. The maximum Gasteiger partial charge on any atom is 0.0640 e. The summed E-state index contributed by atoms with van der Waals surface area (Å²) in [5.74, 6) is 0. The molecule has 2 N–H and O–H groups in total. The van der Waals surface area contributed by atoms with E-state index < -0.39 is 0 Å². The maximum absolute atomic E-state index is 6.12. The molecule has 0 saturated heterocycles. The van der Waals surface area contributed by atoms with Crippen LogP contribution in [0.4, 0.5) is 0 Å². The van der Waals surface area contributed by atoms with Gasteiger partial charge in [0.25, 0.3) is 0 Å². The van der Waals surface area contributed by atoms with Crippen molar-refractivity contribution in [3.05, 3.63) is 62.9 Å². The number of aromatic nitrogens is 1. The first-order valence-electron chi connectivity index (χ1n) is 4.89. The fourth-order valence-electron chi connectivity index (χ4n) is 1.52. The normalized spacial score (nSPS) is 12.5. The molecule has 17 heavy (non-hydrogen) atoms. The van der Waals surface area contributed by atoms with E-state index in [1.54, 1.807) is 30.6 Å². The standard InChI is InChI=1S/C12H9Cl3N2/c13-9-2-1-7(5-10(9)14)12(16)8-3-4-17-6-11(8)15/h1-6,12H,16H2. The summed E-state index contributed by atoms with van der Waals surface area (Å²) in [7, 11) is 0. The van der Waals surface area contributed by atoms with Gasteiger partial charge in [0.1, 0.15) is 0 Å². The molecule has 1 atom stereocenters. The molecule has 0 bridgehead atoms. The van der Waals surface area contributed by atoms with Crippen molar-refractivity contribution in [2.24, 2.45) is 5.73 Å². The minimum atomic E-state index is -0.347. The molecule has 2 aromatic rings. The molecule has 2 rings (SSSR count). The third-order valence-electron chi connectivity index (χ3n) is 2.44. The number of nitrogens with two attached hydrogens (primary N) is 1. The van der Waals surface area contributed by atoms with E-state index >= 15 is 0 Å². The molecule has 1 aromatic carbocycles. The van der Waals surface area contributed by atoms with Crippen LogP contribution in [0.5, 0.6) is 0 Å². The van der Waals surface area contributed by atoms with Gasteiger partial charge in [-0.1, -0.05) is 40.9 Å². The Hall–Kier alpha value is -0.800. The molecule has 0 spiro atoms. The number of pyridine rings is 1. The lowest BCUT2D eigenvalue weighted by Crippen LogP contribution is -2.12. The summed E-state index contributed by atoms with van der Waals surface area (Å²) in [6.07, 6.45) is 3.22. The SMILES string of the molecule is NC(c1ccc(Cl)c(Cl)c1)c1ccncc1Cl. The van der Waals surface area contributed by atoms with E-state index in [2.05, 4.69) is 4.98 Å². The van der Waals surface area contributed by atoms with Crippen LogP contribution in [0.3, 0.4) is 0 Å². The van der Waals surface area contributed by atoms with Gasteiger partial charge < -0.3 is 5.73 Å². The highest BCUT2D eigenvalue weighted by Gasteiger charge is 2.13. The predicted octanol–water partition coefficient (Wildman–Crippen LogP) is 4.09. The second kappa shape index (κ2) is 5.23. The molecule has 88 valence electrons. The van der Waals surface area contributed by atoms with Crippen LogP contribution in [0.1, 0.15) is 17.2 Å². The highest BCUT2D eigenvalue weighted by molar-refractivity contribution is 6.42. The summed E-state index contributed by atoms with van der Waals surface area (Å²) < 4.78 is 0. The third-order valence-corrected chi connectivity index (χ3v) is 3.50. The second-order valence-electron chi connectivity index (χ2n) is 3.55. The van der Waals surface area contributed by atoms with Crippen molar-refractivity contribution in [3.8, 4) is 0 Å². The molecule has 1 heterocycles. The Morgan fingerprint density at radius 1 is 1.00 bits per heavy atom. The predicted molar refractivity (Wildman–Crippen MR) is 71.7 cm³/mol. The number of hydrogen-bond acceptors (Lipinski definition) is 2. The minimum Gasteiger partial charge on any atom is -0.320 e. The van der Waals surface area contributed by atoms with Crippen LogP contribution in [-0.2, 0) is 0 Å². The summed E-state index contributed by atoms with van der Waals surface area (Å²) in [4.78, 5) is 3.92. The molecule has 2 nitrogen and oxygen atoms in total. The van der Waals surface area contributed by atoms with Crippen molar-refractivity contribution >= 4 is 34.8 Å². The summed E-state index contributed by atoms with van der Waals surface area (Å²) in [6, 6.07) is 6.73. The van der Waals surface area contributed by atoms with Gasteiger partial charge in [-0.2, -0.15) is 0 Å². The molecular weight excluding hydrogens is 279 g/mol. The van der Waals surface area contributed by atoms with Gasteiger partial charge in [-0.15, -0.1) is 0 Å². The first kappa shape index (κ1) is 12.7. The van der Waals surface area contributed by atoms with Crippen LogP contribution < -0.4 is 5.73 Å². The lowest BCUT2D eigenvalue weighted by Gasteiger charge is -2.14. The zero-order valence-electron chi connectivity index (χ0n) is 8.70. The number of halogens is 3. The van der Waals surface area contributed by atoms with Crippen molar-refractivity contribution in [2.45, 2.75) is 6.04 Å². The summed E-state index contributed by atoms with van der Waals surface area (Å²) in [5, 5.41) is 1.51.